The van der Waals surface area contributed by atoms with Crippen LogP contribution in [0.3, 0.4) is 0 Å². The lowest BCUT2D eigenvalue weighted by Gasteiger charge is -2.51. The molecule has 2 fully saturated rings. The number of amides is 4. The molecule has 0 unspecified atom stereocenters. The smallest absolute Gasteiger partial charge is 0.282 e. The Morgan fingerprint density at radius 2 is 1.53 bits per heavy atom. The van der Waals surface area contributed by atoms with Crippen LogP contribution in [0, 0.1) is 12.3 Å². The van der Waals surface area contributed by atoms with Crippen LogP contribution in [0.1, 0.15) is 5.56 Å². The fourth-order valence-corrected chi connectivity index (χ4v) is 2.47. The summed E-state index contributed by atoms with van der Waals surface area (Å²) in [6, 6.07) is 6.77. The zero-order chi connectivity index (χ0) is 13.9. The zero-order valence-corrected chi connectivity index (χ0v) is 10.3. The molecule has 0 radical (unpaired) electrons. The lowest BCUT2D eigenvalue weighted by Crippen LogP contribution is -2.83. The minimum absolute atomic E-state index is 0.385. The van der Waals surface area contributed by atoms with Crippen LogP contribution in [0.15, 0.2) is 24.3 Å². The molecule has 6 nitrogen and oxygen atoms in total. The molecule has 96 valence electrons. The van der Waals surface area contributed by atoms with Crippen molar-refractivity contribution >= 4 is 29.3 Å². The van der Waals surface area contributed by atoms with Crippen LogP contribution in [-0.2, 0) is 19.2 Å². The molecule has 3 rings (SSSR count). The van der Waals surface area contributed by atoms with Crippen molar-refractivity contribution < 1.29 is 19.2 Å². The highest BCUT2D eigenvalue weighted by molar-refractivity contribution is 6.59. The van der Waals surface area contributed by atoms with Gasteiger partial charge >= 0.3 is 0 Å². The Bertz CT molecular complexity index is 630. The summed E-state index contributed by atoms with van der Waals surface area (Å²) < 4.78 is 0. The van der Waals surface area contributed by atoms with E-state index in [-0.39, 0.29) is 0 Å². The number of benzene rings is 1. The third-order valence-electron chi connectivity index (χ3n) is 3.56. The summed E-state index contributed by atoms with van der Waals surface area (Å²) in [5.74, 6) is -2.99. The Kier molecular flexibility index (Phi) is 2.00. The number of carbonyl (C=O) groups is 4. The summed E-state index contributed by atoms with van der Waals surface area (Å²) in [4.78, 5) is 49.2. The minimum atomic E-state index is -2.08. The summed E-state index contributed by atoms with van der Waals surface area (Å²) in [6.45, 7) is 1.82. The van der Waals surface area contributed by atoms with Gasteiger partial charge in [0, 0.05) is 7.05 Å². The number of imide groups is 2. The molecule has 0 saturated carbocycles. The highest BCUT2D eigenvalue weighted by Gasteiger charge is 2.79. The molecule has 2 aliphatic heterocycles. The van der Waals surface area contributed by atoms with Crippen molar-refractivity contribution in [1.82, 2.24) is 4.90 Å². The van der Waals surface area contributed by atoms with E-state index in [2.05, 4.69) is 0 Å². The predicted octanol–water partition coefficient (Wildman–Crippen LogP) is -0.147. The molecular formula is C13H10N2O4. The SMILES string of the molecule is Cc1cccc(N2C(=O)C3(C(=O)N(C)C3=O)C2=O)c1. The van der Waals surface area contributed by atoms with Gasteiger partial charge < -0.3 is 0 Å². The molecule has 19 heavy (non-hydrogen) atoms. The third-order valence-corrected chi connectivity index (χ3v) is 3.56. The van der Waals surface area contributed by atoms with E-state index < -0.39 is 29.0 Å². The number of carbonyl (C=O) groups excluding carboxylic acids is 4. The molecule has 0 aliphatic carbocycles. The van der Waals surface area contributed by atoms with Gasteiger partial charge in [-0.05, 0) is 24.6 Å². The van der Waals surface area contributed by atoms with E-state index in [1.54, 1.807) is 18.2 Å². The lowest BCUT2D eigenvalue weighted by atomic mass is 9.69. The minimum Gasteiger partial charge on any atom is -0.282 e. The Morgan fingerprint density at radius 3 is 2.05 bits per heavy atom. The maximum atomic E-state index is 12.1. The average Bonchev–Trinajstić information content (AvgIpc) is 2.39. The van der Waals surface area contributed by atoms with Gasteiger partial charge in [-0.25, -0.2) is 4.90 Å². The van der Waals surface area contributed by atoms with Crippen LogP contribution in [0.4, 0.5) is 5.69 Å². The normalized spacial score (nSPS) is 20.7. The first-order valence-corrected chi connectivity index (χ1v) is 5.70. The topological polar surface area (TPSA) is 74.8 Å². The Labute approximate surface area is 108 Å². The molecule has 1 aromatic rings. The zero-order valence-electron chi connectivity index (χ0n) is 10.3. The molecule has 2 saturated heterocycles. The first kappa shape index (κ1) is 11.6. The van der Waals surface area contributed by atoms with Crippen molar-refractivity contribution in [3.63, 3.8) is 0 Å². The summed E-state index contributed by atoms with van der Waals surface area (Å²) in [5.41, 5.74) is -0.823. The number of rotatable bonds is 1. The van der Waals surface area contributed by atoms with Crippen LogP contribution in [0.2, 0.25) is 0 Å². The fraction of sp³-hybridized carbons (Fsp3) is 0.231. The maximum absolute atomic E-state index is 12.1. The van der Waals surface area contributed by atoms with Crippen LogP contribution in [0.5, 0.6) is 0 Å². The second-order valence-electron chi connectivity index (χ2n) is 4.70. The monoisotopic (exact) mass is 258 g/mol. The summed E-state index contributed by atoms with van der Waals surface area (Å²) in [7, 11) is 1.26. The lowest BCUT2D eigenvalue weighted by molar-refractivity contribution is -0.184. The molecule has 1 aromatic carbocycles. The van der Waals surface area contributed by atoms with Gasteiger partial charge in [-0.1, -0.05) is 12.1 Å². The van der Waals surface area contributed by atoms with E-state index >= 15 is 0 Å². The Morgan fingerprint density at radius 1 is 0.947 bits per heavy atom. The van der Waals surface area contributed by atoms with Crippen LogP contribution in [0.25, 0.3) is 0 Å². The first-order chi connectivity index (χ1) is 8.92. The number of aryl methyl sites for hydroxylation is 1. The van der Waals surface area contributed by atoms with Crippen LogP contribution >= 0.6 is 0 Å². The molecule has 0 atom stereocenters. The number of anilines is 1. The quantitative estimate of drug-likeness (QED) is 0.518. The molecule has 0 N–H and O–H groups in total. The molecular weight excluding hydrogens is 248 g/mol. The van der Waals surface area contributed by atoms with E-state index in [1.807, 2.05) is 13.0 Å². The Hall–Kier alpha value is -2.50. The predicted molar refractivity (Wildman–Crippen MR) is 63.9 cm³/mol. The highest BCUT2D eigenvalue weighted by Crippen LogP contribution is 2.46. The van der Waals surface area contributed by atoms with Crippen molar-refractivity contribution in [2.75, 3.05) is 11.9 Å². The number of hydrogen-bond acceptors (Lipinski definition) is 4. The number of likely N-dealkylation sites (tertiary alicyclic amines) is 1. The van der Waals surface area contributed by atoms with E-state index in [1.165, 1.54) is 7.05 Å². The van der Waals surface area contributed by atoms with E-state index in [0.29, 0.717) is 5.69 Å². The molecule has 4 amide bonds. The molecule has 2 heterocycles. The van der Waals surface area contributed by atoms with Gasteiger partial charge in [0.15, 0.2) is 0 Å². The molecule has 2 aliphatic rings. The van der Waals surface area contributed by atoms with Gasteiger partial charge in [-0.15, -0.1) is 0 Å². The second kappa shape index (κ2) is 3.28. The van der Waals surface area contributed by atoms with E-state index in [4.69, 9.17) is 0 Å². The number of nitrogens with zero attached hydrogens (tertiary/aromatic N) is 2. The van der Waals surface area contributed by atoms with E-state index in [0.717, 1.165) is 15.4 Å². The number of β-lactam (4-membered cyclic amide) rings is 4. The van der Waals surface area contributed by atoms with Crippen molar-refractivity contribution in [3.05, 3.63) is 29.8 Å². The maximum Gasteiger partial charge on any atom is 0.285 e. The molecule has 1 spiro atoms. The van der Waals surface area contributed by atoms with E-state index in [9.17, 15) is 19.2 Å². The second-order valence-corrected chi connectivity index (χ2v) is 4.70. The Balaban J connectivity index is 2.00. The molecule has 6 heteroatoms. The summed E-state index contributed by atoms with van der Waals surface area (Å²) in [5, 5.41) is 0. The van der Waals surface area contributed by atoms with Gasteiger partial charge in [-0.2, -0.15) is 0 Å². The van der Waals surface area contributed by atoms with Crippen molar-refractivity contribution in [1.29, 1.82) is 0 Å². The highest BCUT2D eigenvalue weighted by atomic mass is 16.2. The van der Waals surface area contributed by atoms with Crippen molar-refractivity contribution in [2.45, 2.75) is 6.92 Å². The average molecular weight is 258 g/mol. The van der Waals surface area contributed by atoms with Gasteiger partial charge in [0.05, 0.1) is 5.69 Å². The third kappa shape index (κ3) is 1.07. The summed E-state index contributed by atoms with van der Waals surface area (Å²) in [6.07, 6.45) is 0. The summed E-state index contributed by atoms with van der Waals surface area (Å²) >= 11 is 0. The van der Waals surface area contributed by atoms with Crippen molar-refractivity contribution in [3.8, 4) is 0 Å². The largest absolute Gasteiger partial charge is 0.285 e. The van der Waals surface area contributed by atoms with Crippen molar-refractivity contribution in [2.24, 2.45) is 5.41 Å². The molecule has 0 bridgehead atoms. The first-order valence-electron chi connectivity index (χ1n) is 5.70. The van der Waals surface area contributed by atoms with Gasteiger partial charge in [0.25, 0.3) is 29.0 Å². The van der Waals surface area contributed by atoms with Gasteiger partial charge in [-0.3, -0.25) is 24.1 Å². The number of hydrogen-bond donors (Lipinski definition) is 0. The van der Waals surface area contributed by atoms with Crippen LogP contribution < -0.4 is 4.90 Å². The van der Waals surface area contributed by atoms with Gasteiger partial charge in [0.2, 0.25) is 0 Å². The molecule has 0 aromatic heterocycles. The standard InChI is InChI=1S/C13H10N2O4/c1-7-4-3-5-8(6-7)15-11(18)13(12(15)19)9(16)14(2)10(13)17/h3-6H,1-2H3. The van der Waals surface area contributed by atoms with Gasteiger partial charge in [0.1, 0.15) is 0 Å². The fourth-order valence-electron chi connectivity index (χ4n) is 2.47. The van der Waals surface area contributed by atoms with Crippen LogP contribution in [-0.4, -0.2) is 35.6 Å².